The highest BCUT2D eigenvalue weighted by Gasteiger charge is 2.20. The van der Waals surface area contributed by atoms with Crippen molar-refractivity contribution >= 4 is 9.84 Å². The van der Waals surface area contributed by atoms with Crippen LogP contribution in [0, 0.1) is 0 Å². The van der Waals surface area contributed by atoms with Gasteiger partial charge in [0.05, 0.1) is 4.90 Å². The Morgan fingerprint density at radius 3 is 2.25 bits per heavy atom. The summed E-state index contributed by atoms with van der Waals surface area (Å²) in [5, 5.41) is 0. The van der Waals surface area contributed by atoms with Gasteiger partial charge in [0.25, 0.3) is 0 Å². The molecule has 2 rings (SSSR count). The SMILES string of the molecule is O=S(=O)(CN1CCCCC1)c1ccccc1. The molecule has 1 aromatic carbocycles. The van der Waals surface area contributed by atoms with Crippen LogP contribution in [0.3, 0.4) is 0 Å². The van der Waals surface area contributed by atoms with Gasteiger partial charge in [0.15, 0.2) is 9.84 Å². The Hall–Kier alpha value is -0.870. The van der Waals surface area contributed by atoms with Gasteiger partial charge in [-0.1, -0.05) is 24.6 Å². The van der Waals surface area contributed by atoms with E-state index in [0.29, 0.717) is 4.90 Å². The molecule has 4 heteroatoms. The molecule has 0 atom stereocenters. The van der Waals surface area contributed by atoms with Gasteiger partial charge in [-0.05, 0) is 38.1 Å². The maximum Gasteiger partial charge on any atom is 0.191 e. The largest absolute Gasteiger partial charge is 0.290 e. The zero-order valence-corrected chi connectivity index (χ0v) is 10.1. The first-order valence-electron chi connectivity index (χ1n) is 5.69. The van der Waals surface area contributed by atoms with E-state index in [-0.39, 0.29) is 5.88 Å². The van der Waals surface area contributed by atoms with Crippen LogP contribution >= 0.6 is 0 Å². The minimum Gasteiger partial charge on any atom is -0.290 e. The molecular weight excluding hydrogens is 222 g/mol. The van der Waals surface area contributed by atoms with Gasteiger partial charge in [-0.15, -0.1) is 0 Å². The van der Waals surface area contributed by atoms with E-state index in [2.05, 4.69) is 0 Å². The van der Waals surface area contributed by atoms with Crippen LogP contribution < -0.4 is 0 Å². The van der Waals surface area contributed by atoms with Gasteiger partial charge >= 0.3 is 0 Å². The Morgan fingerprint density at radius 1 is 1.00 bits per heavy atom. The molecule has 1 aromatic rings. The van der Waals surface area contributed by atoms with Crippen molar-refractivity contribution in [2.45, 2.75) is 24.2 Å². The van der Waals surface area contributed by atoms with Crippen LogP contribution in [0.5, 0.6) is 0 Å². The highest BCUT2D eigenvalue weighted by Crippen LogP contribution is 2.15. The molecule has 16 heavy (non-hydrogen) atoms. The van der Waals surface area contributed by atoms with Gasteiger partial charge < -0.3 is 0 Å². The van der Waals surface area contributed by atoms with Gasteiger partial charge in [-0.3, -0.25) is 4.90 Å². The number of piperidine rings is 1. The van der Waals surface area contributed by atoms with E-state index < -0.39 is 9.84 Å². The predicted octanol–water partition coefficient (Wildman–Crippen LogP) is 1.90. The number of likely N-dealkylation sites (tertiary alicyclic amines) is 1. The van der Waals surface area contributed by atoms with Crippen molar-refractivity contribution in [3.63, 3.8) is 0 Å². The maximum atomic E-state index is 12.1. The molecule has 0 bridgehead atoms. The highest BCUT2D eigenvalue weighted by atomic mass is 32.2. The van der Waals surface area contributed by atoms with Crippen LogP contribution in [-0.2, 0) is 9.84 Å². The maximum absolute atomic E-state index is 12.1. The monoisotopic (exact) mass is 239 g/mol. The minimum absolute atomic E-state index is 0.164. The lowest BCUT2D eigenvalue weighted by atomic mass is 10.1. The normalized spacial score (nSPS) is 18.5. The van der Waals surface area contributed by atoms with E-state index in [9.17, 15) is 8.42 Å². The molecule has 0 amide bonds. The molecule has 0 aromatic heterocycles. The summed E-state index contributed by atoms with van der Waals surface area (Å²) in [5.74, 6) is 0.164. The molecule has 0 saturated carbocycles. The molecule has 1 fully saturated rings. The highest BCUT2D eigenvalue weighted by molar-refractivity contribution is 7.91. The lowest BCUT2D eigenvalue weighted by Gasteiger charge is -2.25. The molecule has 3 nitrogen and oxygen atoms in total. The van der Waals surface area contributed by atoms with E-state index in [4.69, 9.17) is 0 Å². The summed E-state index contributed by atoms with van der Waals surface area (Å²) in [7, 11) is -3.13. The molecule has 0 aliphatic carbocycles. The smallest absolute Gasteiger partial charge is 0.191 e. The Labute approximate surface area is 97.0 Å². The predicted molar refractivity (Wildman–Crippen MR) is 63.9 cm³/mol. The zero-order chi connectivity index (χ0) is 11.4. The van der Waals surface area contributed by atoms with Crippen molar-refractivity contribution in [3.05, 3.63) is 30.3 Å². The van der Waals surface area contributed by atoms with Crippen molar-refractivity contribution < 1.29 is 8.42 Å². The number of hydrogen-bond acceptors (Lipinski definition) is 3. The number of sulfone groups is 1. The number of hydrogen-bond donors (Lipinski definition) is 0. The third-order valence-corrected chi connectivity index (χ3v) is 4.60. The quantitative estimate of drug-likeness (QED) is 0.808. The lowest BCUT2D eigenvalue weighted by molar-refractivity contribution is 0.261. The molecule has 0 N–H and O–H groups in total. The van der Waals surface area contributed by atoms with E-state index in [0.717, 1.165) is 25.9 Å². The number of rotatable bonds is 3. The first-order chi connectivity index (χ1) is 7.68. The van der Waals surface area contributed by atoms with E-state index in [1.54, 1.807) is 24.3 Å². The standard InChI is InChI=1S/C12H17NO2S/c14-16(15,12-7-3-1-4-8-12)11-13-9-5-2-6-10-13/h1,3-4,7-8H,2,5-6,9-11H2. The average molecular weight is 239 g/mol. The van der Waals surface area contributed by atoms with Crippen molar-refractivity contribution in [1.82, 2.24) is 4.90 Å². The van der Waals surface area contributed by atoms with E-state index in [1.165, 1.54) is 6.42 Å². The molecule has 88 valence electrons. The average Bonchev–Trinajstić information content (AvgIpc) is 2.31. The molecule has 0 unspecified atom stereocenters. The summed E-state index contributed by atoms with van der Waals surface area (Å²) < 4.78 is 24.1. The van der Waals surface area contributed by atoms with Gasteiger partial charge in [-0.25, -0.2) is 8.42 Å². The summed E-state index contributed by atoms with van der Waals surface area (Å²) in [4.78, 5) is 2.46. The third kappa shape index (κ3) is 2.83. The molecule has 1 heterocycles. The van der Waals surface area contributed by atoms with Crippen molar-refractivity contribution in [2.24, 2.45) is 0 Å². The van der Waals surface area contributed by atoms with Crippen LogP contribution in [0.25, 0.3) is 0 Å². The van der Waals surface area contributed by atoms with Gasteiger partial charge in [-0.2, -0.15) is 0 Å². The Kier molecular flexibility index (Phi) is 3.61. The minimum atomic E-state index is -3.13. The molecule has 0 radical (unpaired) electrons. The first kappa shape index (κ1) is 11.6. The number of benzene rings is 1. The van der Waals surface area contributed by atoms with Crippen LogP contribution in [-0.4, -0.2) is 32.3 Å². The first-order valence-corrected chi connectivity index (χ1v) is 7.34. The molecule has 0 spiro atoms. The lowest BCUT2D eigenvalue weighted by Crippen LogP contribution is -2.34. The zero-order valence-electron chi connectivity index (χ0n) is 9.30. The van der Waals surface area contributed by atoms with Gasteiger partial charge in [0, 0.05) is 0 Å². The second-order valence-corrected chi connectivity index (χ2v) is 6.19. The summed E-state index contributed by atoms with van der Waals surface area (Å²) in [6.07, 6.45) is 3.45. The summed E-state index contributed by atoms with van der Waals surface area (Å²) in [5.41, 5.74) is 0. The molecule has 1 saturated heterocycles. The second-order valence-electron chi connectivity index (χ2n) is 4.24. The molecular formula is C12H17NO2S. The second kappa shape index (κ2) is 4.97. The molecule has 1 aliphatic rings. The Morgan fingerprint density at radius 2 is 1.62 bits per heavy atom. The topological polar surface area (TPSA) is 37.4 Å². The summed E-state index contributed by atoms with van der Waals surface area (Å²) in [6, 6.07) is 8.70. The Balaban J connectivity index is 2.08. The van der Waals surface area contributed by atoms with E-state index in [1.807, 2.05) is 11.0 Å². The van der Waals surface area contributed by atoms with Gasteiger partial charge in [0.1, 0.15) is 5.88 Å². The number of nitrogens with zero attached hydrogens (tertiary/aromatic N) is 1. The summed E-state index contributed by atoms with van der Waals surface area (Å²) >= 11 is 0. The fourth-order valence-electron chi connectivity index (χ4n) is 2.03. The van der Waals surface area contributed by atoms with Crippen LogP contribution in [0.15, 0.2) is 35.2 Å². The van der Waals surface area contributed by atoms with Crippen LogP contribution in [0.4, 0.5) is 0 Å². The summed E-state index contributed by atoms with van der Waals surface area (Å²) in [6.45, 7) is 1.82. The third-order valence-electron chi connectivity index (χ3n) is 2.90. The van der Waals surface area contributed by atoms with Crippen molar-refractivity contribution in [1.29, 1.82) is 0 Å². The molecule has 1 aliphatic heterocycles. The Bertz CT molecular complexity index is 422. The fraction of sp³-hybridized carbons (Fsp3) is 0.500. The van der Waals surface area contributed by atoms with Crippen LogP contribution in [0.2, 0.25) is 0 Å². The van der Waals surface area contributed by atoms with Crippen LogP contribution in [0.1, 0.15) is 19.3 Å². The van der Waals surface area contributed by atoms with Crippen molar-refractivity contribution in [3.8, 4) is 0 Å². The van der Waals surface area contributed by atoms with Crippen molar-refractivity contribution in [2.75, 3.05) is 19.0 Å². The van der Waals surface area contributed by atoms with Gasteiger partial charge in [0.2, 0.25) is 0 Å². The van der Waals surface area contributed by atoms with E-state index >= 15 is 0 Å². The fourth-order valence-corrected chi connectivity index (χ4v) is 3.49.